The summed E-state index contributed by atoms with van der Waals surface area (Å²) in [7, 11) is 0. The third kappa shape index (κ3) is 2.85. The van der Waals surface area contributed by atoms with Crippen LogP contribution in [-0.4, -0.2) is 10.7 Å². The van der Waals surface area contributed by atoms with Crippen molar-refractivity contribution in [2.45, 2.75) is 38.5 Å². The van der Waals surface area contributed by atoms with Crippen molar-refractivity contribution in [1.82, 2.24) is 5.01 Å². The highest BCUT2D eigenvalue weighted by Gasteiger charge is 2.40. The highest BCUT2D eigenvalue weighted by molar-refractivity contribution is 7.12. The molecule has 2 atom stereocenters. The molecule has 0 fully saturated rings. The number of benzene rings is 2. The van der Waals surface area contributed by atoms with Crippen molar-refractivity contribution in [1.29, 1.82) is 0 Å². The van der Waals surface area contributed by atoms with E-state index in [0.717, 1.165) is 23.4 Å². The van der Waals surface area contributed by atoms with Crippen molar-refractivity contribution < 1.29 is 4.74 Å². The summed E-state index contributed by atoms with van der Waals surface area (Å²) >= 11 is 1.75. The lowest BCUT2D eigenvalue weighted by atomic mass is 9.97. The van der Waals surface area contributed by atoms with E-state index in [4.69, 9.17) is 9.84 Å². The molecule has 0 radical (unpaired) electrons. The molecule has 0 unspecified atom stereocenters. The summed E-state index contributed by atoms with van der Waals surface area (Å²) in [6.07, 6.45) is 0.727. The Kier molecular flexibility index (Phi) is 4.01. The first-order chi connectivity index (χ1) is 13.2. The molecule has 0 N–H and O–H groups in total. The normalized spacial score (nSPS) is 20.9. The minimum absolute atomic E-state index is 0.191. The Bertz CT molecular complexity index is 976. The molecule has 0 saturated heterocycles. The molecule has 3 heterocycles. The standard InChI is InChI=1S/C23H22N2OS/c1-15(2)16-9-11-17(12-10-16)23-25-20(18-6-3-4-7-21(18)26-23)14-19(24-25)22-8-5-13-27-22/h3-13,15,20,23H,14H2,1-2H3/t20-,23+/m0/s1. The van der Waals surface area contributed by atoms with Gasteiger partial charge in [-0.05, 0) is 29.0 Å². The first kappa shape index (κ1) is 16.6. The first-order valence-electron chi connectivity index (χ1n) is 9.46. The minimum atomic E-state index is -0.191. The van der Waals surface area contributed by atoms with Gasteiger partial charge in [0.15, 0.2) is 0 Å². The number of hydrogen-bond acceptors (Lipinski definition) is 4. The van der Waals surface area contributed by atoms with Gasteiger partial charge < -0.3 is 4.74 Å². The van der Waals surface area contributed by atoms with E-state index < -0.39 is 0 Å². The van der Waals surface area contributed by atoms with E-state index in [9.17, 15) is 0 Å². The average molecular weight is 375 g/mol. The molecule has 0 spiro atoms. The summed E-state index contributed by atoms with van der Waals surface area (Å²) < 4.78 is 6.42. The smallest absolute Gasteiger partial charge is 0.213 e. The Morgan fingerprint density at radius 2 is 1.85 bits per heavy atom. The van der Waals surface area contributed by atoms with Crippen molar-refractivity contribution in [3.8, 4) is 5.75 Å². The first-order valence-corrected chi connectivity index (χ1v) is 10.3. The molecule has 2 aliphatic heterocycles. The molecule has 2 aromatic carbocycles. The molecule has 3 nitrogen and oxygen atoms in total. The number of fused-ring (bicyclic) bond motifs is 3. The predicted molar refractivity (Wildman–Crippen MR) is 110 cm³/mol. The number of rotatable bonds is 3. The van der Waals surface area contributed by atoms with Crippen LogP contribution < -0.4 is 4.74 Å². The van der Waals surface area contributed by atoms with E-state index in [1.807, 2.05) is 6.07 Å². The van der Waals surface area contributed by atoms with Crippen LogP contribution in [0.15, 0.2) is 71.1 Å². The second-order valence-electron chi connectivity index (χ2n) is 7.45. The van der Waals surface area contributed by atoms with Crippen molar-refractivity contribution in [2.24, 2.45) is 5.10 Å². The van der Waals surface area contributed by atoms with E-state index in [1.54, 1.807) is 11.3 Å². The molecule has 0 bridgehead atoms. The summed E-state index contributed by atoms with van der Waals surface area (Å²) in [5.74, 6) is 1.49. The molecular formula is C23H22N2OS. The lowest BCUT2D eigenvalue weighted by Crippen LogP contribution is -2.33. The molecule has 4 heteroatoms. The van der Waals surface area contributed by atoms with Crippen LogP contribution in [0.25, 0.3) is 0 Å². The summed E-state index contributed by atoms with van der Waals surface area (Å²) in [5.41, 5.74) is 4.87. The van der Waals surface area contributed by atoms with Gasteiger partial charge >= 0.3 is 0 Å². The summed E-state index contributed by atoms with van der Waals surface area (Å²) in [4.78, 5) is 1.25. The fraction of sp³-hybridized carbons (Fsp3) is 0.261. The average Bonchev–Trinajstić information content (AvgIpc) is 3.37. The highest BCUT2D eigenvalue weighted by atomic mass is 32.1. The maximum absolute atomic E-state index is 6.42. The van der Waals surface area contributed by atoms with Crippen molar-refractivity contribution in [3.05, 3.63) is 87.6 Å². The van der Waals surface area contributed by atoms with E-state index in [-0.39, 0.29) is 12.3 Å². The van der Waals surface area contributed by atoms with Crippen LogP contribution in [0.3, 0.4) is 0 Å². The maximum atomic E-state index is 6.42. The molecule has 136 valence electrons. The van der Waals surface area contributed by atoms with Crippen LogP contribution in [0.2, 0.25) is 0 Å². The van der Waals surface area contributed by atoms with Gasteiger partial charge in [-0.15, -0.1) is 11.3 Å². The Labute approximate surface area is 163 Å². The molecule has 5 rings (SSSR count). The molecule has 2 aliphatic rings. The topological polar surface area (TPSA) is 24.8 Å². The van der Waals surface area contributed by atoms with E-state index in [0.29, 0.717) is 5.92 Å². The quantitative estimate of drug-likeness (QED) is 0.552. The molecule has 0 aliphatic carbocycles. The van der Waals surface area contributed by atoms with Crippen LogP contribution in [-0.2, 0) is 0 Å². The third-order valence-corrected chi connectivity index (χ3v) is 6.31. The number of para-hydroxylation sites is 1. The number of hydrazone groups is 1. The van der Waals surface area contributed by atoms with Gasteiger partial charge in [-0.1, -0.05) is 62.4 Å². The zero-order valence-corrected chi connectivity index (χ0v) is 16.3. The second kappa shape index (κ2) is 6.54. The van der Waals surface area contributed by atoms with Crippen molar-refractivity contribution in [2.75, 3.05) is 0 Å². The largest absolute Gasteiger partial charge is 0.464 e. The van der Waals surface area contributed by atoms with E-state index >= 15 is 0 Å². The van der Waals surface area contributed by atoms with Gasteiger partial charge in [0, 0.05) is 17.5 Å². The van der Waals surface area contributed by atoms with Gasteiger partial charge in [-0.3, -0.25) is 0 Å². The minimum Gasteiger partial charge on any atom is -0.464 e. The maximum Gasteiger partial charge on any atom is 0.213 e. The SMILES string of the molecule is CC(C)c1ccc([C@H]2Oc3ccccc3[C@@H]3CC(c4cccs4)=NN23)cc1. The van der Waals surface area contributed by atoms with Crippen LogP contribution in [0.5, 0.6) is 5.75 Å². The molecule has 27 heavy (non-hydrogen) atoms. The molecule has 0 amide bonds. The van der Waals surface area contributed by atoms with Gasteiger partial charge in [0.05, 0.1) is 16.6 Å². The fourth-order valence-electron chi connectivity index (χ4n) is 3.89. The van der Waals surface area contributed by atoms with Crippen molar-refractivity contribution >= 4 is 17.0 Å². The van der Waals surface area contributed by atoms with Crippen LogP contribution in [0, 0.1) is 0 Å². The number of nitrogens with zero attached hydrogens (tertiary/aromatic N) is 2. The number of thiophene rings is 1. The summed E-state index contributed by atoms with van der Waals surface area (Å²) in [5, 5.41) is 9.27. The zero-order valence-electron chi connectivity index (χ0n) is 15.5. The van der Waals surface area contributed by atoms with Gasteiger partial charge in [-0.2, -0.15) is 5.10 Å². The van der Waals surface area contributed by atoms with E-state index in [1.165, 1.54) is 16.0 Å². The third-order valence-electron chi connectivity index (χ3n) is 5.39. The van der Waals surface area contributed by atoms with Gasteiger partial charge in [0.1, 0.15) is 5.75 Å². The van der Waals surface area contributed by atoms with Crippen LogP contribution in [0.4, 0.5) is 0 Å². The lowest BCUT2D eigenvalue weighted by molar-refractivity contribution is -0.0190. The number of ether oxygens (including phenoxy) is 1. The van der Waals surface area contributed by atoms with Crippen LogP contribution >= 0.6 is 11.3 Å². The highest BCUT2D eigenvalue weighted by Crippen LogP contribution is 2.47. The Morgan fingerprint density at radius 3 is 2.59 bits per heavy atom. The zero-order chi connectivity index (χ0) is 18.4. The van der Waals surface area contributed by atoms with Gasteiger partial charge in [0.2, 0.25) is 6.23 Å². The monoisotopic (exact) mass is 374 g/mol. The van der Waals surface area contributed by atoms with E-state index in [2.05, 4.69) is 78.8 Å². The Morgan fingerprint density at radius 1 is 1.04 bits per heavy atom. The number of hydrogen-bond donors (Lipinski definition) is 0. The second-order valence-corrected chi connectivity index (χ2v) is 8.40. The Hall–Kier alpha value is -2.59. The summed E-state index contributed by atoms with van der Waals surface area (Å²) in [6.45, 7) is 4.44. The molecule has 0 saturated carbocycles. The fourth-order valence-corrected chi connectivity index (χ4v) is 4.61. The molecule has 3 aromatic rings. The molecular weight excluding hydrogens is 352 g/mol. The van der Waals surface area contributed by atoms with Gasteiger partial charge in [-0.25, -0.2) is 5.01 Å². The van der Waals surface area contributed by atoms with Gasteiger partial charge in [0.25, 0.3) is 0 Å². The predicted octanol–water partition coefficient (Wildman–Crippen LogP) is 6.11. The Balaban J connectivity index is 1.56. The molecule has 1 aromatic heterocycles. The lowest BCUT2D eigenvalue weighted by Gasteiger charge is -2.38. The summed E-state index contributed by atoms with van der Waals surface area (Å²) in [6, 6.07) is 21.6. The van der Waals surface area contributed by atoms with Crippen LogP contribution in [0.1, 0.15) is 60.0 Å². The van der Waals surface area contributed by atoms with Crippen molar-refractivity contribution in [3.63, 3.8) is 0 Å².